The van der Waals surface area contributed by atoms with Crippen molar-refractivity contribution in [3.8, 4) is 0 Å². The van der Waals surface area contributed by atoms with Crippen LogP contribution in [0, 0.1) is 0 Å². The quantitative estimate of drug-likeness (QED) is 0.816. The second-order valence-corrected chi connectivity index (χ2v) is 5.40. The summed E-state index contributed by atoms with van der Waals surface area (Å²) in [6.07, 6.45) is 4.87. The zero-order valence-corrected chi connectivity index (χ0v) is 12.3. The Morgan fingerprint density at radius 3 is 3.05 bits per heavy atom. The van der Waals surface area contributed by atoms with Crippen molar-refractivity contribution in [1.29, 1.82) is 0 Å². The normalized spacial score (nSPS) is 19.4. The molecular weight excluding hydrogens is 256 g/mol. The number of nitrogens with zero attached hydrogens (tertiary/aromatic N) is 3. The highest BCUT2D eigenvalue weighted by Crippen LogP contribution is 2.17. The summed E-state index contributed by atoms with van der Waals surface area (Å²) in [5.41, 5.74) is 1.11. The van der Waals surface area contributed by atoms with Crippen molar-refractivity contribution in [2.75, 3.05) is 19.6 Å². The lowest BCUT2D eigenvalue weighted by molar-refractivity contribution is 0.0692. The maximum absolute atomic E-state index is 11.3. The Kier molecular flexibility index (Phi) is 5.14. The standard InChI is InChI=1S/C14H24N4O2/c1-3-7-18(11-5-4-6-15-8-11)10-13-12(14(19)20)9-16-17(13)2/h9,11,15H,3-8,10H2,1-2H3,(H,19,20). The molecule has 1 aromatic heterocycles. The molecule has 6 heteroatoms. The van der Waals surface area contributed by atoms with Crippen LogP contribution in [0.3, 0.4) is 0 Å². The second-order valence-electron chi connectivity index (χ2n) is 5.40. The number of aromatic nitrogens is 2. The molecule has 1 aliphatic heterocycles. The van der Waals surface area contributed by atoms with E-state index < -0.39 is 5.97 Å². The van der Waals surface area contributed by atoms with Crippen LogP contribution in [0.15, 0.2) is 6.20 Å². The molecule has 1 unspecified atom stereocenters. The number of nitrogens with one attached hydrogen (secondary N) is 1. The van der Waals surface area contributed by atoms with Crippen LogP contribution >= 0.6 is 0 Å². The van der Waals surface area contributed by atoms with E-state index in [0.29, 0.717) is 18.2 Å². The van der Waals surface area contributed by atoms with E-state index in [-0.39, 0.29) is 0 Å². The topological polar surface area (TPSA) is 70.4 Å². The third-order valence-electron chi connectivity index (χ3n) is 3.94. The van der Waals surface area contributed by atoms with Crippen LogP contribution in [0.1, 0.15) is 42.2 Å². The van der Waals surface area contributed by atoms with Crippen molar-refractivity contribution >= 4 is 5.97 Å². The Labute approximate surface area is 119 Å². The Hall–Kier alpha value is -1.40. The van der Waals surface area contributed by atoms with Crippen LogP contribution in [0.5, 0.6) is 0 Å². The first-order chi connectivity index (χ1) is 9.63. The molecule has 0 aromatic carbocycles. The molecule has 2 heterocycles. The molecule has 0 radical (unpaired) electrons. The molecule has 1 saturated heterocycles. The van der Waals surface area contributed by atoms with Gasteiger partial charge in [0.2, 0.25) is 0 Å². The van der Waals surface area contributed by atoms with Crippen molar-refractivity contribution < 1.29 is 9.90 Å². The van der Waals surface area contributed by atoms with E-state index in [1.165, 1.54) is 19.0 Å². The van der Waals surface area contributed by atoms with Gasteiger partial charge in [0.05, 0.1) is 11.9 Å². The van der Waals surface area contributed by atoms with Gasteiger partial charge in [-0.1, -0.05) is 6.92 Å². The van der Waals surface area contributed by atoms with E-state index in [9.17, 15) is 9.90 Å². The van der Waals surface area contributed by atoms with Crippen molar-refractivity contribution in [2.24, 2.45) is 7.05 Å². The van der Waals surface area contributed by atoms with E-state index in [1.807, 2.05) is 7.05 Å². The van der Waals surface area contributed by atoms with Gasteiger partial charge >= 0.3 is 5.97 Å². The van der Waals surface area contributed by atoms with Crippen molar-refractivity contribution in [2.45, 2.75) is 38.8 Å². The van der Waals surface area contributed by atoms with Crippen LogP contribution in [0.4, 0.5) is 0 Å². The number of hydrogen-bond acceptors (Lipinski definition) is 4. The molecule has 0 aliphatic carbocycles. The number of piperidine rings is 1. The van der Waals surface area contributed by atoms with Crippen molar-refractivity contribution in [1.82, 2.24) is 20.0 Å². The number of carboxylic acids is 1. The Bertz CT molecular complexity index is 452. The van der Waals surface area contributed by atoms with E-state index in [4.69, 9.17) is 0 Å². The summed E-state index contributed by atoms with van der Waals surface area (Å²) < 4.78 is 1.68. The molecule has 2 N–H and O–H groups in total. The zero-order chi connectivity index (χ0) is 14.5. The molecule has 0 saturated carbocycles. The van der Waals surface area contributed by atoms with Gasteiger partial charge in [0.15, 0.2) is 0 Å². The number of rotatable bonds is 6. The lowest BCUT2D eigenvalue weighted by Gasteiger charge is -2.34. The fourth-order valence-electron chi connectivity index (χ4n) is 2.84. The number of carbonyl (C=O) groups is 1. The van der Waals surface area contributed by atoms with Gasteiger partial charge in [0, 0.05) is 26.2 Å². The number of hydrogen-bond donors (Lipinski definition) is 2. The molecule has 1 atom stereocenters. The predicted molar refractivity (Wildman–Crippen MR) is 76.8 cm³/mol. The minimum Gasteiger partial charge on any atom is -0.478 e. The van der Waals surface area contributed by atoms with Crippen molar-refractivity contribution in [3.63, 3.8) is 0 Å². The number of aryl methyl sites for hydroxylation is 1. The van der Waals surface area contributed by atoms with Crippen LogP contribution in [-0.2, 0) is 13.6 Å². The van der Waals surface area contributed by atoms with Gasteiger partial charge in [0.1, 0.15) is 5.56 Å². The fraction of sp³-hybridized carbons (Fsp3) is 0.714. The first-order valence-electron chi connectivity index (χ1n) is 7.32. The lowest BCUT2D eigenvalue weighted by atomic mass is 10.0. The summed E-state index contributed by atoms with van der Waals surface area (Å²) in [6, 6.07) is 0.486. The van der Waals surface area contributed by atoms with Crippen LogP contribution in [-0.4, -0.2) is 51.4 Å². The predicted octanol–water partition coefficient (Wildman–Crippen LogP) is 1.08. The Morgan fingerprint density at radius 2 is 2.45 bits per heavy atom. The SMILES string of the molecule is CCCN(Cc1c(C(=O)O)cnn1C)C1CCCNC1. The number of carboxylic acid groups (broad SMARTS) is 1. The molecule has 0 amide bonds. The molecule has 2 rings (SSSR count). The van der Waals surface area contributed by atoms with Gasteiger partial charge in [-0.05, 0) is 32.4 Å². The average Bonchev–Trinajstić information content (AvgIpc) is 2.81. The largest absolute Gasteiger partial charge is 0.478 e. The molecule has 1 aliphatic rings. The van der Waals surface area contributed by atoms with E-state index >= 15 is 0 Å². The van der Waals surface area contributed by atoms with Gasteiger partial charge in [-0.25, -0.2) is 4.79 Å². The molecule has 0 spiro atoms. The summed E-state index contributed by atoms with van der Waals surface area (Å²) in [6.45, 7) is 5.86. The van der Waals surface area contributed by atoms with Gasteiger partial charge in [-0.2, -0.15) is 5.10 Å². The lowest BCUT2D eigenvalue weighted by Crippen LogP contribution is -2.46. The molecule has 20 heavy (non-hydrogen) atoms. The first-order valence-corrected chi connectivity index (χ1v) is 7.32. The van der Waals surface area contributed by atoms with Gasteiger partial charge in [-0.3, -0.25) is 9.58 Å². The maximum atomic E-state index is 11.3. The van der Waals surface area contributed by atoms with Crippen LogP contribution in [0.2, 0.25) is 0 Å². The summed E-state index contributed by atoms with van der Waals surface area (Å²) in [7, 11) is 1.81. The second kappa shape index (κ2) is 6.85. The number of aromatic carboxylic acids is 1. The Morgan fingerprint density at radius 1 is 1.65 bits per heavy atom. The zero-order valence-electron chi connectivity index (χ0n) is 12.3. The monoisotopic (exact) mass is 280 g/mol. The Balaban J connectivity index is 2.14. The van der Waals surface area contributed by atoms with Gasteiger partial charge < -0.3 is 10.4 Å². The van der Waals surface area contributed by atoms with Crippen molar-refractivity contribution in [3.05, 3.63) is 17.5 Å². The molecular formula is C14H24N4O2. The van der Waals surface area contributed by atoms with Crippen LogP contribution < -0.4 is 5.32 Å². The molecule has 6 nitrogen and oxygen atoms in total. The summed E-state index contributed by atoms with van der Waals surface area (Å²) in [5, 5.41) is 16.8. The third kappa shape index (κ3) is 3.37. The average molecular weight is 280 g/mol. The summed E-state index contributed by atoms with van der Waals surface area (Å²) in [5.74, 6) is -0.897. The van der Waals surface area contributed by atoms with Crippen LogP contribution in [0.25, 0.3) is 0 Å². The fourth-order valence-corrected chi connectivity index (χ4v) is 2.84. The first kappa shape index (κ1) is 15.0. The highest BCUT2D eigenvalue weighted by atomic mass is 16.4. The molecule has 1 aromatic rings. The summed E-state index contributed by atoms with van der Waals surface area (Å²) in [4.78, 5) is 13.7. The van der Waals surface area contributed by atoms with Gasteiger partial charge in [-0.15, -0.1) is 0 Å². The molecule has 112 valence electrons. The molecule has 0 bridgehead atoms. The van der Waals surface area contributed by atoms with E-state index in [2.05, 4.69) is 22.2 Å². The minimum absolute atomic E-state index is 0.317. The van der Waals surface area contributed by atoms with E-state index in [0.717, 1.165) is 31.7 Å². The maximum Gasteiger partial charge on any atom is 0.339 e. The van der Waals surface area contributed by atoms with E-state index in [1.54, 1.807) is 4.68 Å². The third-order valence-corrected chi connectivity index (χ3v) is 3.94. The highest BCUT2D eigenvalue weighted by Gasteiger charge is 2.24. The summed E-state index contributed by atoms with van der Waals surface area (Å²) >= 11 is 0. The molecule has 1 fully saturated rings. The highest BCUT2D eigenvalue weighted by molar-refractivity contribution is 5.88. The van der Waals surface area contributed by atoms with Gasteiger partial charge in [0.25, 0.3) is 0 Å². The smallest absolute Gasteiger partial charge is 0.339 e. The minimum atomic E-state index is -0.897.